The third-order valence-corrected chi connectivity index (χ3v) is 2.79. The topological polar surface area (TPSA) is 38.7 Å². The van der Waals surface area contributed by atoms with E-state index in [4.69, 9.17) is 14.6 Å². The summed E-state index contributed by atoms with van der Waals surface area (Å²) in [4.78, 5) is 0. The third kappa shape index (κ3) is 3.26. The van der Waals surface area contributed by atoms with E-state index in [0.717, 1.165) is 22.6 Å². The summed E-state index contributed by atoms with van der Waals surface area (Å²) in [5, 5.41) is 9.10. The van der Waals surface area contributed by atoms with E-state index in [0.29, 0.717) is 12.4 Å². The van der Waals surface area contributed by atoms with Crippen molar-refractivity contribution in [1.82, 2.24) is 0 Å². The first-order valence-corrected chi connectivity index (χ1v) is 6.34. The van der Waals surface area contributed by atoms with Gasteiger partial charge in [-0.25, -0.2) is 0 Å². The molecule has 0 aromatic heterocycles. The molecular weight excluding hydrogens is 240 g/mol. The van der Waals surface area contributed by atoms with Crippen LogP contribution in [0.15, 0.2) is 42.5 Å². The Morgan fingerprint density at radius 3 is 2.37 bits per heavy atom. The summed E-state index contributed by atoms with van der Waals surface area (Å²) in [7, 11) is 0. The first-order chi connectivity index (χ1) is 9.24. The molecule has 0 bridgehead atoms. The normalized spacial score (nSPS) is 10.3. The molecule has 19 heavy (non-hydrogen) atoms. The molecule has 3 heteroatoms. The van der Waals surface area contributed by atoms with E-state index in [1.54, 1.807) is 0 Å². The molecular formula is C16H18O3. The summed E-state index contributed by atoms with van der Waals surface area (Å²) < 4.78 is 11.4. The molecule has 2 rings (SSSR count). The highest BCUT2D eigenvalue weighted by Crippen LogP contribution is 2.33. The number of para-hydroxylation sites is 2. The van der Waals surface area contributed by atoms with E-state index in [1.807, 2.05) is 56.3 Å². The van der Waals surface area contributed by atoms with Crippen LogP contribution in [-0.2, 0) is 6.61 Å². The average molecular weight is 258 g/mol. The summed E-state index contributed by atoms with van der Waals surface area (Å²) in [5.41, 5.74) is 1.86. The largest absolute Gasteiger partial charge is 0.490 e. The Labute approximate surface area is 113 Å². The van der Waals surface area contributed by atoms with Gasteiger partial charge in [0.05, 0.1) is 13.2 Å². The van der Waals surface area contributed by atoms with Gasteiger partial charge in [0.25, 0.3) is 0 Å². The zero-order valence-corrected chi connectivity index (χ0v) is 11.2. The molecule has 1 N–H and O–H groups in total. The molecule has 0 radical (unpaired) electrons. The molecule has 0 saturated carbocycles. The van der Waals surface area contributed by atoms with E-state index in [-0.39, 0.29) is 6.61 Å². The zero-order valence-electron chi connectivity index (χ0n) is 11.2. The predicted molar refractivity (Wildman–Crippen MR) is 74.8 cm³/mol. The Balaban J connectivity index is 2.26. The molecule has 0 spiro atoms. The van der Waals surface area contributed by atoms with Crippen LogP contribution in [0.2, 0.25) is 0 Å². The third-order valence-electron chi connectivity index (χ3n) is 2.79. The lowest BCUT2D eigenvalue weighted by Gasteiger charge is -2.13. The minimum Gasteiger partial charge on any atom is -0.490 e. The molecule has 0 aliphatic heterocycles. The lowest BCUT2D eigenvalue weighted by Crippen LogP contribution is -1.96. The van der Waals surface area contributed by atoms with Crippen LogP contribution < -0.4 is 9.47 Å². The van der Waals surface area contributed by atoms with Gasteiger partial charge in [0.1, 0.15) is 5.75 Å². The Morgan fingerprint density at radius 2 is 1.74 bits per heavy atom. The van der Waals surface area contributed by atoms with E-state index in [9.17, 15) is 0 Å². The van der Waals surface area contributed by atoms with Crippen molar-refractivity contribution in [2.45, 2.75) is 20.5 Å². The monoisotopic (exact) mass is 258 g/mol. The van der Waals surface area contributed by atoms with Gasteiger partial charge in [0, 0.05) is 0 Å². The number of ether oxygens (including phenoxy) is 2. The number of hydrogen-bond acceptors (Lipinski definition) is 3. The first-order valence-electron chi connectivity index (χ1n) is 6.34. The maximum absolute atomic E-state index is 9.10. The number of aryl methyl sites for hydroxylation is 1. The number of benzene rings is 2. The predicted octanol–water partition coefficient (Wildman–Crippen LogP) is 3.68. The Bertz CT molecular complexity index is 549. The van der Waals surface area contributed by atoms with Crippen molar-refractivity contribution in [3.05, 3.63) is 53.6 Å². The second kappa shape index (κ2) is 6.25. The summed E-state index contributed by atoms with van der Waals surface area (Å²) in [6.45, 7) is 4.54. The van der Waals surface area contributed by atoms with Gasteiger partial charge in [-0.1, -0.05) is 24.3 Å². The summed E-state index contributed by atoms with van der Waals surface area (Å²) >= 11 is 0. The number of aliphatic hydroxyl groups is 1. The van der Waals surface area contributed by atoms with Crippen molar-refractivity contribution in [3.63, 3.8) is 0 Å². The SMILES string of the molecule is CCOc1ccccc1Oc1ccc(CO)cc1C. The highest BCUT2D eigenvalue weighted by molar-refractivity contribution is 5.45. The number of hydrogen-bond donors (Lipinski definition) is 1. The molecule has 0 atom stereocenters. The molecule has 0 aliphatic carbocycles. The van der Waals surface area contributed by atoms with Gasteiger partial charge >= 0.3 is 0 Å². The van der Waals surface area contributed by atoms with E-state index in [1.165, 1.54) is 0 Å². The van der Waals surface area contributed by atoms with Gasteiger partial charge in [-0.05, 0) is 43.2 Å². The van der Waals surface area contributed by atoms with Gasteiger partial charge in [0.15, 0.2) is 11.5 Å². The fraction of sp³-hybridized carbons (Fsp3) is 0.250. The Morgan fingerprint density at radius 1 is 1.00 bits per heavy atom. The number of rotatable bonds is 5. The second-order valence-corrected chi connectivity index (χ2v) is 4.24. The van der Waals surface area contributed by atoms with Gasteiger partial charge in [-0.3, -0.25) is 0 Å². The minimum atomic E-state index is 0.0383. The van der Waals surface area contributed by atoms with Crippen molar-refractivity contribution in [3.8, 4) is 17.2 Å². The van der Waals surface area contributed by atoms with Crippen LogP contribution in [0.4, 0.5) is 0 Å². The molecule has 2 aromatic rings. The molecule has 0 unspecified atom stereocenters. The van der Waals surface area contributed by atoms with E-state index in [2.05, 4.69) is 0 Å². The molecule has 0 heterocycles. The smallest absolute Gasteiger partial charge is 0.169 e. The van der Waals surface area contributed by atoms with Crippen LogP contribution in [0.1, 0.15) is 18.1 Å². The molecule has 0 aliphatic rings. The highest BCUT2D eigenvalue weighted by atomic mass is 16.5. The van der Waals surface area contributed by atoms with Crippen LogP contribution in [-0.4, -0.2) is 11.7 Å². The van der Waals surface area contributed by atoms with Crippen molar-refractivity contribution in [2.24, 2.45) is 0 Å². The van der Waals surface area contributed by atoms with Crippen LogP contribution in [0.5, 0.6) is 17.2 Å². The molecule has 0 saturated heterocycles. The van der Waals surface area contributed by atoms with Crippen molar-refractivity contribution >= 4 is 0 Å². The molecule has 100 valence electrons. The summed E-state index contributed by atoms with van der Waals surface area (Å²) in [5.74, 6) is 2.20. The lowest BCUT2D eigenvalue weighted by atomic mass is 10.1. The van der Waals surface area contributed by atoms with E-state index >= 15 is 0 Å². The van der Waals surface area contributed by atoms with Gasteiger partial charge in [-0.2, -0.15) is 0 Å². The quantitative estimate of drug-likeness (QED) is 0.889. The highest BCUT2D eigenvalue weighted by Gasteiger charge is 2.07. The lowest BCUT2D eigenvalue weighted by molar-refractivity contribution is 0.281. The summed E-state index contributed by atoms with van der Waals surface area (Å²) in [6, 6.07) is 13.2. The van der Waals surface area contributed by atoms with E-state index < -0.39 is 0 Å². The van der Waals surface area contributed by atoms with Crippen LogP contribution in [0, 0.1) is 6.92 Å². The average Bonchev–Trinajstić information content (AvgIpc) is 2.43. The van der Waals surface area contributed by atoms with Gasteiger partial charge in [-0.15, -0.1) is 0 Å². The Hall–Kier alpha value is -2.00. The standard InChI is InChI=1S/C16H18O3/c1-3-18-15-6-4-5-7-16(15)19-14-9-8-13(11-17)10-12(14)2/h4-10,17H,3,11H2,1-2H3. The van der Waals surface area contributed by atoms with Crippen molar-refractivity contribution in [1.29, 1.82) is 0 Å². The van der Waals surface area contributed by atoms with Crippen molar-refractivity contribution < 1.29 is 14.6 Å². The molecule has 3 nitrogen and oxygen atoms in total. The molecule has 0 fully saturated rings. The molecule has 2 aromatic carbocycles. The van der Waals surface area contributed by atoms with Gasteiger partial charge in [0.2, 0.25) is 0 Å². The first kappa shape index (κ1) is 13.4. The maximum atomic E-state index is 9.10. The minimum absolute atomic E-state index is 0.0383. The second-order valence-electron chi connectivity index (χ2n) is 4.24. The fourth-order valence-corrected chi connectivity index (χ4v) is 1.85. The maximum Gasteiger partial charge on any atom is 0.169 e. The van der Waals surface area contributed by atoms with Crippen LogP contribution in [0.25, 0.3) is 0 Å². The van der Waals surface area contributed by atoms with Gasteiger partial charge < -0.3 is 14.6 Å². The van der Waals surface area contributed by atoms with Crippen LogP contribution in [0.3, 0.4) is 0 Å². The Kier molecular flexibility index (Phi) is 4.42. The summed E-state index contributed by atoms with van der Waals surface area (Å²) in [6.07, 6.45) is 0. The fourth-order valence-electron chi connectivity index (χ4n) is 1.85. The van der Waals surface area contributed by atoms with Crippen LogP contribution >= 0.6 is 0 Å². The molecule has 0 amide bonds. The zero-order chi connectivity index (χ0) is 13.7. The number of aliphatic hydroxyl groups excluding tert-OH is 1. The van der Waals surface area contributed by atoms with Crippen molar-refractivity contribution in [2.75, 3.05) is 6.61 Å².